The Bertz CT molecular complexity index is 1590. The highest BCUT2D eigenvalue weighted by Gasteiger charge is 2.20. The maximum absolute atomic E-state index is 12.9. The van der Waals surface area contributed by atoms with Crippen molar-refractivity contribution in [3.05, 3.63) is 83.3 Å². The van der Waals surface area contributed by atoms with Gasteiger partial charge in [-0.25, -0.2) is 4.98 Å². The number of ether oxygens (including phenoxy) is 3. The maximum Gasteiger partial charge on any atom is 0.308 e. The molecule has 10 heteroatoms. The smallest absolute Gasteiger partial charge is 0.308 e. The summed E-state index contributed by atoms with van der Waals surface area (Å²) >= 11 is 6.10. The number of methoxy groups -OCH3 is 3. The molecule has 3 aromatic carbocycles. The number of benzene rings is 3. The minimum absolute atomic E-state index is 0.164. The molecule has 0 bridgehead atoms. The third kappa shape index (κ3) is 5.53. The van der Waals surface area contributed by atoms with Gasteiger partial charge in [-0.2, -0.15) is 4.98 Å². The number of aromatic nitrogens is 3. The number of nitrogens with one attached hydrogen (secondary N) is 1. The van der Waals surface area contributed by atoms with E-state index in [1.54, 1.807) is 56.5 Å². The van der Waals surface area contributed by atoms with E-state index in [1.165, 1.54) is 0 Å². The van der Waals surface area contributed by atoms with E-state index in [4.69, 9.17) is 35.2 Å². The fourth-order valence-corrected chi connectivity index (χ4v) is 4.44. The van der Waals surface area contributed by atoms with Crippen LogP contribution in [-0.4, -0.2) is 41.8 Å². The van der Waals surface area contributed by atoms with Crippen molar-refractivity contribution in [2.24, 2.45) is 0 Å². The monoisotopic (exact) mass is 546 g/mol. The summed E-state index contributed by atoms with van der Waals surface area (Å²) in [5.41, 5.74) is 3.89. The van der Waals surface area contributed by atoms with E-state index >= 15 is 0 Å². The van der Waals surface area contributed by atoms with E-state index in [2.05, 4.69) is 10.3 Å². The zero-order chi connectivity index (χ0) is 27.4. The van der Waals surface area contributed by atoms with Gasteiger partial charge in [0.25, 0.3) is 0 Å². The molecule has 1 amide bonds. The number of rotatable bonds is 10. The Morgan fingerprint density at radius 1 is 1.00 bits per heavy atom. The number of para-hydroxylation sites is 2. The van der Waals surface area contributed by atoms with E-state index in [9.17, 15) is 4.79 Å². The third-order valence-electron chi connectivity index (χ3n) is 6.32. The number of carbonyl (C=O) groups is 1. The molecule has 2 heterocycles. The fraction of sp³-hybridized carbons (Fsp3) is 0.207. The Hall–Kier alpha value is -4.50. The lowest BCUT2D eigenvalue weighted by Crippen LogP contribution is -2.23. The quantitative estimate of drug-likeness (QED) is 0.243. The van der Waals surface area contributed by atoms with E-state index in [1.807, 2.05) is 36.4 Å². The SMILES string of the molecule is COc1cc(OC)c(CNC(=O)CCc2oc(-n3cnc4ccccc43)nc2-c2ccc(Cl)cc2)c(OC)c1. The summed E-state index contributed by atoms with van der Waals surface area (Å²) in [6.45, 7) is 0.224. The number of aryl methyl sites for hydroxylation is 1. The second-order valence-electron chi connectivity index (χ2n) is 8.67. The molecular weight excluding hydrogens is 520 g/mol. The van der Waals surface area contributed by atoms with Crippen LogP contribution in [0.3, 0.4) is 0 Å². The van der Waals surface area contributed by atoms with Crippen LogP contribution in [0.2, 0.25) is 5.02 Å². The summed E-state index contributed by atoms with van der Waals surface area (Å²) in [5, 5.41) is 3.57. The maximum atomic E-state index is 12.9. The van der Waals surface area contributed by atoms with E-state index in [0.717, 1.165) is 16.6 Å². The first kappa shape index (κ1) is 26.1. The number of oxazole rings is 1. The van der Waals surface area contributed by atoms with Crippen LogP contribution in [-0.2, 0) is 17.8 Å². The lowest BCUT2D eigenvalue weighted by Gasteiger charge is -2.15. The first-order valence-electron chi connectivity index (χ1n) is 12.2. The van der Waals surface area contributed by atoms with Crippen LogP contribution >= 0.6 is 11.6 Å². The van der Waals surface area contributed by atoms with Gasteiger partial charge in [-0.1, -0.05) is 35.9 Å². The van der Waals surface area contributed by atoms with Gasteiger partial charge in [0, 0.05) is 35.6 Å². The van der Waals surface area contributed by atoms with E-state index < -0.39 is 0 Å². The lowest BCUT2D eigenvalue weighted by atomic mass is 10.1. The van der Waals surface area contributed by atoms with Gasteiger partial charge in [0.2, 0.25) is 5.91 Å². The molecule has 0 saturated heterocycles. The standard InChI is InChI=1S/C29H27ClN4O5/c1-36-20-14-25(37-2)21(26(15-20)38-3)16-31-27(35)13-12-24-28(18-8-10-19(30)11-9-18)33-29(39-24)34-17-32-22-6-4-5-7-23(22)34/h4-11,14-15,17H,12-13,16H2,1-3H3,(H,31,35). The number of hydrogen-bond acceptors (Lipinski definition) is 7. The van der Waals surface area contributed by atoms with Gasteiger partial charge >= 0.3 is 6.01 Å². The van der Waals surface area contributed by atoms with Crippen molar-refractivity contribution < 1.29 is 23.4 Å². The molecule has 5 aromatic rings. The Morgan fingerprint density at radius 2 is 1.72 bits per heavy atom. The van der Waals surface area contributed by atoms with Crippen molar-refractivity contribution >= 4 is 28.5 Å². The van der Waals surface area contributed by atoms with Crippen LogP contribution in [0, 0.1) is 0 Å². The molecule has 0 fully saturated rings. The number of nitrogens with zero attached hydrogens (tertiary/aromatic N) is 3. The minimum Gasteiger partial charge on any atom is -0.496 e. The summed E-state index contributed by atoms with van der Waals surface area (Å²) in [6.07, 6.45) is 2.19. The summed E-state index contributed by atoms with van der Waals surface area (Å²) < 4.78 is 24.3. The van der Waals surface area contributed by atoms with Crippen LogP contribution in [0.25, 0.3) is 28.3 Å². The summed E-state index contributed by atoms with van der Waals surface area (Å²) in [7, 11) is 4.68. The van der Waals surface area contributed by atoms with Crippen LogP contribution in [0.4, 0.5) is 0 Å². The van der Waals surface area contributed by atoms with Gasteiger partial charge in [-0.15, -0.1) is 0 Å². The van der Waals surface area contributed by atoms with Crippen molar-refractivity contribution in [3.63, 3.8) is 0 Å². The molecule has 0 unspecified atom stereocenters. The number of halogens is 1. The highest BCUT2D eigenvalue weighted by Crippen LogP contribution is 2.34. The van der Waals surface area contributed by atoms with Crippen LogP contribution in [0.15, 0.2) is 71.4 Å². The van der Waals surface area contributed by atoms with Gasteiger partial charge in [-0.3, -0.25) is 9.36 Å². The van der Waals surface area contributed by atoms with Gasteiger partial charge in [0.05, 0.1) is 44.5 Å². The molecule has 0 aliphatic rings. The molecule has 0 radical (unpaired) electrons. The molecule has 1 N–H and O–H groups in total. The van der Waals surface area contributed by atoms with Crippen LogP contribution in [0.5, 0.6) is 17.2 Å². The minimum atomic E-state index is -0.164. The van der Waals surface area contributed by atoms with Crippen molar-refractivity contribution in [2.45, 2.75) is 19.4 Å². The third-order valence-corrected chi connectivity index (χ3v) is 6.57. The molecule has 200 valence electrons. The number of amides is 1. The molecule has 2 aromatic heterocycles. The number of hydrogen-bond donors (Lipinski definition) is 1. The Kier molecular flexibility index (Phi) is 7.69. The highest BCUT2D eigenvalue weighted by atomic mass is 35.5. The number of imidazole rings is 1. The Morgan fingerprint density at radius 3 is 2.41 bits per heavy atom. The highest BCUT2D eigenvalue weighted by molar-refractivity contribution is 6.30. The van der Waals surface area contributed by atoms with Crippen LogP contribution in [0.1, 0.15) is 17.7 Å². The molecule has 0 spiro atoms. The second-order valence-corrected chi connectivity index (χ2v) is 9.10. The second kappa shape index (κ2) is 11.5. The summed E-state index contributed by atoms with van der Waals surface area (Å²) in [6, 6.07) is 18.9. The molecule has 39 heavy (non-hydrogen) atoms. The molecule has 5 rings (SSSR count). The zero-order valence-corrected chi connectivity index (χ0v) is 22.5. The average Bonchev–Trinajstić information content (AvgIpc) is 3.59. The van der Waals surface area contributed by atoms with E-state index in [-0.39, 0.29) is 18.9 Å². The summed E-state index contributed by atoms with van der Waals surface area (Å²) in [5.74, 6) is 2.14. The molecule has 9 nitrogen and oxygen atoms in total. The number of carbonyl (C=O) groups excluding carboxylic acids is 1. The average molecular weight is 547 g/mol. The molecular formula is C29H27ClN4O5. The van der Waals surface area contributed by atoms with E-state index in [0.29, 0.717) is 51.7 Å². The van der Waals surface area contributed by atoms with Gasteiger partial charge in [0.15, 0.2) is 0 Å². The molecule has 0 aliphatic carbocycles. The Labute approximate surface area is 230 Å². The first-order valence-corrected chi connectivity index (χ1v) is 12.6. The molecule has 0 aliphatic heterocycles. The topological polar surface area (TPSA) is 101 Å². The van der Waals surface area contributed by atoms with Crippen molar-refractivity contribution in [2.75, 3.05) is 21.3 Å². The predicted octanol–water partition coefficient (Wildman–Crippen LogP) is 5.61. The Balaban J connectivity index is 1.37. The largest absolute Gasteiger partial charge is 0.496 e. The van der Waals surface area contributed by atoms with Gasteiger partial charge in [-0.05, 0) is 24.3 Å². The number of fused-ring (bicyclic) bond motifs is 1. The molecule has 0 saturated carbocycles. The van der Waals surface area contributed by atoms with Gasteiger partial charge < -0.3 is 23.9 Å². The first-order chi connectivity index (χ1) is 19.0. The van der Waals surface area contributed by atoms with Crippen molar-refractivity contribution in [3.8, 4) is 34.5 Å². The van der Waals surface area contributed by atoms with Crippen molar-refractivity contribution in [1.29, 1.82) is 0 Å². The molecule has 0 atom stereocenters. The van der Waals surface area contributed by atoms with Gasteiger partial charge in [0.1, 0.15) is 35.0 Å². The normalized spacial score (nSPS) is 11.0. The fourth-order valence-electron chi connectivity index (χ4n) is 4.31. The zero-order valence-electron chi connectivity index (χ0n) is 21.7. The summed E-state index contributed by atoms with van der Waals surface area (Å²) in [4.78, 5) is 22.1. The van der Waals surface area contributed by atoms with Crippen LogP contribution < -0.4 is 19.5 Å². The lowest BCUT2D eigenvalue weighted by molar-refractivity contribution is -0.121. The predicted molar refractivity (Wildman–Crippen MR) is 148 cm³/mol. The van der Waals surface area contributed by atoms with Crippen molar-refractivity contribution in [1.82, 2.24) is 19.9 Å².